The van der Waals surface area contributed by atoms with Gasteiger partial charge in [-0.3, -0.25) is 9.69 Å². The summed E-state index contributed by atoms with van der Waals surface area (Å²) in [6, 6.07) is -1.10. The molecule has 21 heavy (non-hydrogen) atoms. The number of likely N-dealkylation sites (tertiary alicyclic amines) is 1. The van der Waals surface area contributed by atoms with Crippen LogP contribution in [0.15, 0.2) is 0 Å². The van der Waals surface area contributed by atoms with E-state index < -0.39 is 18.0 Å². The summed E-state index contributed by atoms with van der Waals surface area (Å²) < 4.78 is 0. The first kappa shape index (κ1) is 15.6. The highest BCUT2D eigenvalue weighted by Gasteiger charge is 2.36. The van der Waals surface area contributed by atoms with E-state index in [-0.39, 0.29) is 25.0 Å². The molecule has 0 aromatic rings. The summed E-state index contributed by atoms with van der Waals surface area (Å²) in [6.07, 6.45) is 1.64. The molecule has 0 radical (unpaired) electrons. The highest BCUT2D eigenvalue weighted by molar-refractivity contribution is 5.90. The van der Waals surface area contributed by atoms with Crippen LogP contribution in [0.4, 0.5) is 4.79 Å². The third-order valence-electron chi connectivity index (χ3n) is 4.26. The van der Waals surface area contributed by atoms with Crippen molar-refractivity contribution >= 4 is 17.9 Å². The van der Waals surface area contributed by atoms with Gasteiger partial charge in [0.25, 0.3) is 0 Å². The van der Waals surface area contributed by atoms with Gasteiger partial charge in [-0.2, -0.15) is 0 Å². The Bertz CT molecular complexity index is 442. The summed E-state index contributed by atoms with van der Waals surface area (Å²) in [5.74, 6) is -1.44. The molecule has 0 saturated carbocycles. The number of aliphatic carboxylic acids is 1. The van der Waals surface area contributed by atoms with Gasteiger partial charge in [-0.05, 0) is 26.8 Å². The van der Waals surface area contributed by atoms with Crippen LogP contribution in [0.3, 0.4) is 0 Å². The highest BCUT2D eigenvalue weighted by atomic mass is 16.4. The summed E-state index contributed by atoms with van der Waals surface area (Å²) >= 11 is 0. The van der Waals surface area contributed by atoms with E-state index in [0.717, 1.165) is 24.3 Å². The molecule has 3 unspecified atom stereocenters. The number of nitrogens with one attached hydrogen (secondary N) is 2. The van der Waals surface area contributed by atoms with Gasteiger partial charge < -0.3 is 20.6 Å². The van der Waals surface area contributed by atoms with Crippen LogP contribution in [0, 0.1) is 0 Å². The number of carbonyl (C=O) groups excluding carboxylic acids is 2. The molecule has 2 aliphatic heterocycles. The number of rotatable bonds is 2. The number of piperazine rings is 1. The molecule has 2 saturated heterocycles. The van der Waals surface area contributed by atoms with Crippen molar-refractivity contribution in [3.8, 4) is 0 Å². The van der Waals surface area contributed by atoms with Crippen molar-refractivity contribution in [3.63, 3.8) is 0 Å². The largest absolute Gasteiger partial charge is 0.480 e. The Hall–Kier alpha value is -1.83. The monoisotopic (exact) mass is 298 g/mol. The zero-order valence-electron chi connectivity index (χ0n) is 12.3. The van der Waals surface area contributed by atoms with Crippen LogP contribution < -0.4 is 10.6 Å². The Balaban J connectivity index is 1.97. The lowest BCUT2D eigenvalue weighted by Gasteiger charge is -2.38. The molecular formula is C13H22N4O4. The van der Waals surface area contributed by atoms with E-state index in [4.69, 9.17) is 5.11 Å². The lowest BCUT2D eigenvalue weighted by Crippen LogP contribution is -2.62. The van der Waals surface area contributed by atoms with Gasteiger partial charge in [0.1, 0.15) is 12.6 Å². The first-order valence-corrected chi connectivity index (χ1v) is 7.15. The van der Waals surface area contributed by atoms with Crippen LogP contribution in [-0.2, 0) is 9.59 Å². The zero-order chi connectivity index (χ0) is 15.6. The SMILES string of the molecule is CC1CC(NC(=O)N2CC(=O)NCC2C(=O)O)CCN1C. The number of piperidine rings is 1. The number of urea groups is 1. The second-order valence-corrected chi connectivity index (χ2v) is 5.79. The van der Waals surface area contributed by atoms with Crippen LogP contribution in [0.2, 0.25) is 0 Å². The number of carbonyl (C=O) groups is 3. The Labute approximate surface area is 123 Å². The van der Waals surface area contributed by atoms with Gasteiger partial charge in [-0.15, -0.1) is 0 Å². The van der Waals surface area contributed by atoms with Crippen LogP contribution in [0.1, 0.15) is 19.8 Å². The van der Waals surface area contributed by atoms with Crippen LogP contribution in [-0.4, -0.2) is 77.6 Å². The fourth-order valence-electron chi connectivity index (χ4n) is 2.75. The highest BCUT2D eigenvalue weighted by Crippen LogP contribution is 2.16. The molecule has 3 N–H and O–H groups in total. The van der Waals surface area contributed by atoms with Crippen molar-refractivity contribution in [1.82, 2.24) is 20.4 Å². The Morgan fingerprint density at radius 1 is 1.43 bits per heavy atom. The van der Waals surface area contributed by atoms with Crippen molar-refractivity contribution in [2.24, 2.45) is 0 Å². The molecule has 0 bridgehead atoms. The molecule has 3 amide bonds. The maximum atomic E-state index is 12.3. The van der Waals surface area contributed by atoms with Gasteiger partial charge in [0.15, 0.2) is 0 Å². The minimum absolute atomic E-state index is 0.0168. The summed E-state index contributed by atoms with van der Waals surface area (Å²) in [5, 5.41) is 14.5. The lowest BCUT2D eigenvalue weighted by molar-refractivity contribution is -0.144. The van der Waals surface area contributed by atoms with E-state index in [1.54, 1.807) is 0 Å². The summed E-state index contributed by atoms with van der Waals surface area (Å²) in [4.78, 5) is 38.2. The molecule has 118 valence electrons. The minimum atomic E-state index is -1.11. The van der Waals surface area contributed by atoms with E-state index >= 15 is 0 Å². The van der Waals surface area contributed by atoms with Crippen molar-refractivity contribution < 1.29 is 19.5 Å². The van der Waals surface area contributed by atoms with Crippen molar-refractivity contribution in [3.05, 3.63) is 0 Å². The average Bonchev–Trinajstić information content (AvgIpc) is 2.42. The molecule has 8 heteroatoms. The number of carboxylic acids is 1. The fourth-order valence-corrected chi connectivity index (χ4v) is 2.75. The topological polar surface area (TPSA) is 102 Å². The van der Waals surface area contributed by atoms with E-state index in [0.29, 0.717) is 6.04 Å². The first-order chi connectivity index (χ1) is 9.88. The molecule has 2 heterocycles. The van der Waals surface area contributed by atoms with Gasteiger partial charge in [0, 0.05) is 25.2 Å². The smallest absolute Gasteiger partial charge is 0.328 e. The second kappa shape index (κ2) is 6.30. The number of amides is 3. The Morgan fingerprint density at radius 3 is 2.76 bits per heavy atom. The molecule has 0 spiro atoms. The third kappa shape index (κ3) is 3.63. The van der Waals surface area contributed by atoms with Crippen molar-refractivity contribution in [2.75, 3.05) is 26.7 Å². The molecule has 3 atom stereocenters. The number of carboxylic acid groups (broad SMARTS) is 1. The minimum Gasteiger partial charge on any atom is -0.480 e. The van der Waals surface area contributed by atoms with Gasteiger partial charge in [0.2, 0.25) is 5.91 Å². The number of hydrogen-bond acceptors (Lipinski definition) is 4. The molecular weight excluding hydrogens is 276 g/mol. The number of hydrogen-bond donors (Lipinski definition) is 3. The van der Waals surface area contributed by atoms with Crippen molar-refractivity contribution in [2.45, 2.75) is 37.9 Å². The fraction of sp³-hybridized carbons (Fsp3) is 0.769. The summed E-state index contributed by atoms with van der Waals surface area (Å²) in [7, 11) is 2.04. The third-order valence-corrected chi connectivity index (χ3v) is 4.26. The normalized spacial score (nSPS) is 30.7. The van der Waals surface area contributed by atoms with Gasteiger partial charge in [-0.1, -0.05) is 0 Å². The molecule has 2 rings (SSSR count). The van der Waals surface area contributed by atoms with E-state index in [1.807, 2.05) is 7.05 Å². The summed E-state index contributed by atoms with van der Waals surface area (Å²) in [6.45, 7) is 2.71. The molecule has 8 nitrogen and oxygen atoms in total. The predicted molar refractivity (Wildman–Crippen MR) is 74.8 cm³/mol. The van der Waals surface area contributed by atoms with Gasteiger partial charge in [-0.25, -0.2) is 9.59 Å². The summed E-state index contributed by atoms with van der Waals surface area (Å²) in [5.41, 5.74) is 0. The molecule has 2 aliphatic rings. The maximum absolute atomic E-state index is 12.3. The molecule has 0 aromatic carbocycles. The average molecular weight is 298 g/mol. The second-order valence-electron chi connectivity index (χ2n) is 5.79. The van der Waals surface area contributed by atoms with Gasteiger partial charge in [0.05, 0.1) is 0 Å². The molecule has 2 fully saturated rings. The Kier molecular flexibility index (Phi) is 4.66. The zero-order valence-corrected chi connectivity index (χ0v) is 12.3. The van der Waals surface area contributed by atoms with E-state index in [2.05, 4.69) is 22.5 Å². The van der Waals surface area contributed by atoms with Crippen LogP contribution in [0.25, 0.3) is 0 Å². The maximum Gasteiger partial charge on any atom is 0.328 e. The van der Waals surface area contributed by atoms with Crippen LogP contribution in [0.5, 0.6) is 0 Å². The Morgan fingerprint density at radius 2 is 2.14 bits per heavy atom. The van der Waals surface area contributed by atoms with Crippen molar-refractivity contribution in [1.29, 1.82) is 0 Å². The molecule has 0 aromatic heterocycles. The first-order valence-electron chi connectivity index (χ1n) is 7.15. The van der Waals surface area contributed by atoms with E-state index in [9.17, 15) is 14.4 Å². The predicted octanol–water partition coefficient (Wildman–Crippen LogP) is -0.936. The van der Waals surface area contributed by atoms with E-state index in [1.165, 1.54) is 0 Å². The quantitative estimate of drug-likeness (QED) is 0.611. The van der Waals surface area contributed by atoms with Crippen LogP contribution >= 0.6 is 0 Å². The standard InChI is InChI=1S/C13H22N4O4/c1-8-5-9(3-4-16(8)2)15-13(21)17-7-11(18)14-6-10(17)12(19)20/h8-10H,3-7H2,1-2H3,(H,14,18)(H,15,21)(H,19,20). The van der Waals surface area contributed by atoms with Gasteiger partial charge >= 0.3 is 12.0 Å². The molecule has 0 aliphatic carbocycles. The lowest BCUT2D eigenvalue weighted by atomic mass is 9.99. The number of nitrogens with zero attached hydrogens (tertiary/aromatic N) is 2.